The Kier molecular flexibility index (Phi) is 9.03. The van der Waals surface area contributed by atoms with Crippen LogP contribution in [0.25, 0.3) is 0 Å². The van der Waals surface area contributed by atoms with Crippen LogP contribution in [-0.4, -0.2) is 41.8 Å². The lowest BCUT2D eigenvalue weighted by atomic mass is 10.1. The van der Waals surface area contributed by atoms with Gasteiger partial charge in [-0.2, -0.15) is 0 Å². The van der Waals surface area contributed by atoms with Gasteiger partial charge in [-0.05, 0) is 6.42 Å². The Morgan fingerprint density at radius 2 is 2.19 bits per heavy atom. The van der Waals surface area contributed by atoms with Crippen molar-refractivity contribution in [2.45, 2.75) is 20.3 Å². The summed E-state index contributed by atoms with van der Waals surface area (Å²) < 4.78 is 4.94. The largest absolute Gasteiger partial charge is 0.464 e. The first-order valence-corrected chi connectivity index (χ1v) is 6.28. The molecule has 16 heavy (non-hydrogen) atoms. The Morgan fingerprint density at radius 1 is 1.50 bits per heavy atom. The lowest BCUT2D eigenvalue weighted by Gasteiger charge is -2.09. The van der Waals surface area contributed by atoms with Crippen molar-refractivity contribution in [3.8, 4) is 0 Å². The fourth-order valence-electron chi connectivity index (χ4n) is 0.803. The molecule has 0 rings (SSSR count). The maximum atomic E-state index is 11.2. The van der Waals surface area contributed by atoms with Crippen LogP contribution in [0.5, 0.6) is 0 Å². The number of carbonyl (C=O) groups excluding carboxylic acids is 2. The van der Waals surface area contributed by atoms with Gasteiger partial charge in [0.05, 0.1) is 19.1 Å². The summed E-state index contributed by atoms with van der Waals surface area (Å²) in [5, 5.41) is 10.8. The number of carbonyl (C=O) groups is 2. The highest BCUT2D eigenvalue weighted by atomic mass is 32.2. The first-order valence-electron chi connectivity index (χ1n) is 5.30. The Hall–Kier alpha value is -0.750. The van der Waals surface area contributed by atoms with Gasteiger partial charge in [0.25, 0.3) is 5.24 Å². The third-order valence-corrected chi connectivity index (χ3v) is 2.75. The Balaban J connectivity index is 3.45. The molecule has 0 aliphatic rings. The average molecular weight is 249 g/mol. The molecule has 0 saturated heterocycles. The van der Waals surface area contributed by atoms with E-state index in [1.807, 2.05) is 6.92 Å². The number of amides is 1. The quantitative estimate of drug-likeness (QED) is 0.520. The minimum atomic E-state index is -0.236. The van der Waals surface area contributed by atoms with Crippen LogP contribution in [0.1, 0.15) is 20.3 Å². The fraction of sp³-hybridized carbons (Fsp3) is 0.800. The van der Waals surface area contributed by atoms with Gasteiger partial charge in [-0.25, -0.2) is 0 Å². The second-order valence-electron chi connectivity index (χ2n) is 3.26. The molecule has 0 aliphatic heterocycles. The van der Waals surface area contributed by atoms with E-state index in [-0.39, 0.29) is 30.3 Å². The summed E-state index contributed by atoms with van der Waals surface area (Å²) >= 11 is 1.01. The molecule has 0 heterocycles. The zero-order chi connectivity index (χ0) is 12.4. The molecule has 6 heteroatoms. The van der Waals surface area contributed by atoms with Crippen LogP contribution in [0.3, 0.4) is 0 Å². The summed E-state index contributed by atoms with van der Waals surface area (Å²) in [5.41, 5.74) is 0. The Bertz CT molecular complexity index is 223. The number of hydrogen-bond donors (Lipinski definition) is 2. The molecule has 2 N–H and O–H groups in total. The van der Waals surface area contributed by atoms with E-state index in [4.69, 9.17) is 9.84 Å². The zero-order valence-corrected chi connectivity index (χ0v) is 10.5. The third kappa shape index (κ3) is 7.53. The van der Waals surface area contributed by atoms with Gasteiger partial charge in [-0.15, -0.1) is 0 Å². The van der Waals surface area contributed by atoms with E-state index in [2.05, 4.69) is 5.32 Å². The number of thioether (sulfide) groups is 1. The van der Waals surface area contributed by atoms with Crippen LogP contribution in [0.4, 0.5) is 4.79 Å². The summed E-state index contributed by atoms with van der Waals surface area (Å²) in [4.78, 5) is 22.3. The lowest BCUT2D eigenvalue weighted by molar-refractivity contribution is -0.147. The highest BCUT2D eigenvalue weighted by Gasteiger charge is 2.11. The fourth-order valence-corrected chi connectivity index (χ4v) is 1.28. The highest BCUT2D eigenvalue weighted by molar-refractivity contribution is 8.13. The number of aliphatic hydroxyl groups is 1. The van der Waals surface area contributed by atoms with E-state index >= 15 is 0 Å². The Morgan fingerprint density at radius 3 is 2.75 bits per heavy atom. The van der Waals surface area contributed by atoms with Crippen molar-refractivity contribution in [3.05, 3.63) is 0 Å². The second kappa shape index (κ2) is 9.47. The zero-order valence-electron chi connectivity index (χ0n) is 9.69. The first-order chi connectivity index (χ1) is 7.61. The lowest BCUT2D eigenvalue weighted by Crippen LogP contribution is -2.26. The monoisotopic (exact) mass is 249 g/mol. The van der Waals surface area contributed by atoms with E-state index in [1.165, 1.54) is 0 Å². The smallest absolute Gasteiger partial charge is 0.308 e. The molecule has 1 atom stereocenters. The summed E-state index contributed by atoms with van der Waals surface area (Å²) in [6.45, 7) is 4.19. The Labute approximate surface area is 99.9 Å². The van der Waals surface area contributed by atoms with Crippen molar-refractivity contribution < 1.29 is 19.4 Å². The summed E-state index contributed by atoms with van der Waals surface area (Å²) in [5.74, 6) is 0.0395. The number of aliphatic hydroxyl groups excluding tert-OH is 1. The van der Waals surface area contributed by atoms with Gasteiger partial charge in [0.2, 0.25) is 0 Å². The number of nitrogens with one attached hydrogen (secondary N) is 1. The highest BCUT2D eigenvalue weighted by Crippen LogP contribution is 2.03. The van der Waals surface area contributed by atoms with Gasteiger partial charge in [-0.3, -0.25) is 9.59 Å². The second-order valence-corrected chi connectivity index (χ2v) is 4.33. The molecule has 94 valence electrons. The molecule has 1 unspecified atom stereocenters. The SMILES string of the molecule is CCC(C)C(=O)OCCNC(=O)SCCO. The molecule has 5 nitrogen and oxygen atoms in total. The van der Waals surface area contributed by atoms with Crippen molar-refractivity contribution in [1.29, 1.82) is 0 Å². The van der Waals surface area contributed by atoms with Crippen LogP contribution in [0.2, 0.25) is 0 Å². The van der Waals surface area contributed by atoms with Gasteiger partial charge >= 0.3 is 5.97 Å². The summed E-state index contributed by atoms with van der Waals surface area (Å²) in [6.07, 6.45) is 0.748. The molecule has 1 amide bonds. The molecule has 0 aromatic rings. The molecule has 0 aromatic carbocycles. The number of rotatable bonds is 7. The normalized spacial score (nSPS) is 11.9. The van der Waals surface area contributed by atoms with Crippen LogP contribution in [0.15, 0.2) is 0 Å². The predicted molar refractivity (Wildman–Crippen MR) is 63.4 cm³/mol. The van der Waals surface area contributed by atoms with Crippen LogP contribution in [0, 0.1) is 5.92 Å². The van der Waals surface area contributed by atoms with Crippen molar-refractivity contribution in [2.24, 2.45) is 5.92 Å². The topological polar surface area (TPSA) is 75.6 Å². The van der Waals surface area contributed by atoms with Gasteiger partial charge in [0.15, 0.2) is 0 Å². The molecule has 0 fully saturated rings. The first kappa shape index (κ1) is 15.2. The van der Waals surface area contributed by atoms with E-state index < -0.39 is 0 Å². The average Bonchev–Trinajstić information content (AvgIpc) is 2.30. The van der Waals surface area contributed by atoms with E-state index in [9.17, 15) is 9.59 Å². The van der Waals surface area contributed by atoms with Crippen molar-refractivity contribution >= 4 is 23.0 Å². The van der Waals surface area contributed by atoms with Gasteiger partial charge in [0, 0.05) is 5.75 Å². The van der Waals surface area contributed by atoms with Crippen LogP contribution < -0.4 is 5.32 Å². The van der Waals surface area contributed by atoms with Gasteiger partial charge in [-0.1, -0.05) is 25.6 Å². The standard InChI is InChI=1S/C10H19NO4S/c1-3-8(2)9(13)15-6-4-11-10(14)16-7-5-12/h8,12H,3-7H2,1-2H3,(H,11,14). The number of esters is 1. The molecule has 0 bridgehead atoms. The van der Waals surface area contributed by atoms with Crippen LogP contribution >= 0.6 is 11.8 Å². The third-order valence-electron chi connectivity index (χ3n) is 1.95. The van der Waals surface area contributed by atoms with E-state index in [0.29, 0.717) is 12.3 Å². The van der Waals surface area contributed by atoms with Gasteiger partial charge < -0.3 is 15.2 Å². The molecule has 0 radical (unpaired) electrons. The van der Waals surface area contributed by atoms with E-state index in [1.54, 1.807) is 6.92 Å². The molecular formula is C10H19NO4S. The molecular weight excluding hydrogens is 230 g/mol. The van der Waals surface area contributed by atoms with Crippen molar-refractivity contribution in [2.75, 3.05) is 25.5 Å². The maximum Gasteiger partial charge on any atom is 0.308 e. The minimum Gasteiger partial charge on any atom is -0.464 e. The molecule has 0 aliphatic carbocycles. The summed E-state index contributed by atoms with van der Waals surface area (Å²) in [7, 11) is 0. The molecule has 0 spiro atoms. The minimum absolute atomic E-state index is 0.0267. The molecule has 0 saturated carbocycles. The maximum absolute atomic E-state index is 11.2. The summed E-state index contributed by atoms with van der Waals surface area (Å²) in [6, 6.07) is 0. The number of ether oxygens (including phenoxy) is 1. The van der Waals surface area contributed by atoms with Crippen LogP contribution in [-0.2, 0) is 9.53 Å². The molecule has 0 aromatic heterocycles. The van der Waals surface area contributed by atoms with Crippen molar-refractivity contribution in [3.63, 3.8) is 0 Å². The number of hydrogen-bond acceptors (Lipinski definition) is 5. The van der Waals surface area contributed by atoms with Crippen molar-refractivity contribution in [1.82, 2.24) is 5.32 Å². The predicted octanol–water partition coefficient (Wildman–Crippen LogP) is 1.01. The van der Waals surface area contributed by atoms with E-state index in [0.717, 1.165) is 18.2 Å². The van der Waals surface area contributed by atoms with Gasteiger partial charge in [0.1, 0.15) is 6.61 Å².